The zero-order valence-electron chi connectivity index (χ0n) is 16.4. The highest BCUT2D eigenvalue weighted by atomic mass is 32.2. The smallest absolute Gasteiger partial charge is 0.335 e. The molecule has 0 saturated carbocycles. The first-order chi connectivity index (χ1) is 11.4. The van der Waals surface area contributed by atoms with Crippen LogP contribution in [0.1, 0.15) is 27.7 Å². The van der Waals surface area contributed by atoms with Gasteiger partial charge in [-0.15, -0.1) is 23.5 Å². The number of ether oxygens (including phenoxy) is 2. The average Bonchev–Trinajstić information content (AvgIpc) is 2.52. The number of rotatable bonds is 5. The van der Waals surface area contributed by atoms with Crippen molar-refractivity contribution in [3.8, 4) is 0 Å². The van der Waals surface area contributed by atoms with Crippen molar-refractivity contribution in [1.82, 2.24) is 0 Å². The molecule has 1 saturated heterocycles. The first-order valence-electron chi connectivity index (χ1n) is 8.18. The van der Waals surface area contributed by atoms with Crippen LogP contribution in [0.15, 0.2) is 12.3 Å². The van der Waals surface area contributed by atoms with Crippen LogP contribution >= 0.6 is 23.5 Å². The summed E-state index contributed by atoms with van der Waals surface area (Å²) in [5.74, 6) is 0.315. The minimum atomic E-state index is -1.97. The summed E-state index contributed by atoms with van der Waals surface area (Å²) >= 11 is 2.83. The lowest BCUT2D eigenvalue weighted by atomic mass is 9.91. The van der Waals surface area contributed by atoms with Gasteiger partial charge in [0.25, 0.3) is 0 Å². The third-order valence-corrected chi connectivity index (χ3v) is 12.8. The van der Waals surface area contributed by atoms with Crippen LogP contribution in [0.4, 0.5) is 0 Å². The largest absolute Gasteiger partial charge is 0.549 e. The molecule has 25 heavy (non-hydrogen) atoms. The molecule has 0 aromatic rings. The number of carbonyl (C=O) groups excluding carboxylic acids is 2. The molecule has 1 fully saturated rings. The van der Waals surface area contributed by atoms with E-state index in [1.165, 1.54) is 26.0 Å². The SMILES string of the molecule is COC(=O)C1(C(=O)OC)SCCSC1(C)/C=C\O[Si](C)(C)C(C)(C)C. The maximum atomic E-state index is 12.6. The van der Waals surface area contributed by atoms with Crippen LogP contribution in [-0.2, 0) is 23.5 Å². The Bertz CT molecular complexity index is 526. The molecule has 8 heteroatoms. The van der Waals surface area contributed by atoms with Crippen molar-refractivity contribution in [1.29, 1.82) is 0 Å². The molecule has 144 valence electrons. The van der Waals surface area contributed by atoms with Crippen LogP contribution in [0.5, 0.6) is 0 Å². The highest BCUT2D eigenvalue weighted by molar-refractivity contribution is 8.09. The third kappa shape index (κ3) is 4.22. The first kappa shape index (κ1) is 22.4. The van der Waals surface area contributed by atoms with Crippen LogP contribution in [0.3, 0.4) is 0 Å². The zero-order chi connectivity index (χ0) is 19.5. The molecule has 1 unspecified atom stereocenters. The molecule has 0 aromatic carbocycles. The van der Waals surface area contributed by atoms with Gasteiger partial charge in [-0.05, 0) is 31.1 Å². The van der Waals surface area contributed by atoms with Gasteiger partial charge in [0, 0.05) is 11.5 Å². The summed E-state index contributed by atoms with van der Waals surface area (Å²) in [6, 6.07) is 0. The Hall–Kier alpha value is -0.603. The number of hydrogen-bond acceptors (Lipinski definition) is 7. The van der Waals surface area contributed by atoms with E-state index in [1.54, 1.807) is 18.0 Å². The Morgan fingerprint density at radius 1 is 1.04 bits per heavy atom. The van der Waals surface area contributed by atoms with E-state index in [0.717, 1.165) is 5.75 Å². The summed E-state index contributed by atoms with van der Waals surface area (Å²) in [5.41, 5.74) is 0. The summed E-state index contributed by atoms with van der Waals surface area (Å²) in [7, 11) is 0.615. The van der Waals surface area contributed by atoms with Crippen molar-refractivity contribution in [3.63, 3.8) is 0 Å². The molecule has 1 heterocycles. The molecule has 1 rings (SSSR count). The fraction of sp³-hybridized carbons (Fsp3) is 0.765. The minimum Gasteiger partial charge on any atom is -0.549 e. The lowest BCUT2D eigenvalue weighted by molar-refractivity contribution is -0.156. The van der Waals surface area contributed by atoms with Gasteiger partial charge in [0.15, 0.2) is 0 Å². The predicted octanol–water partition coefficient (Wildman–Crippen LogP) is 3.85. The molecule has 5 nitrogen and oxygen atoms in total. The fourth-order valence-electron chi connectivity index (χ4n) is 2.26. The predicted molar refractivity (Wildman–Crippen MR) is 108 cm³/mol. The highest BCUT2D eigenvalue weighted by Crippen LogP contribution is 2.51. The number of thioether (sulfide) groups is 2. The van der Waals surface area contributed by atoms with Gasteiger partial charge in [-0.2, -0.15) is 0 Å². The Morgan fingerprint density at radius 2 is 1.52 bits per heavy atom. The summed E-state index contributed by atoms with van der Waals surface area (Å²) in [5, 5.41) is 0.0640. The van der Waals surface area contributed by atoms with Crippen molar-refractivity contribution < 1.29 is 23.5 Å². The Labute approximate surface area is 160 Å². The molecular formula is C17H30O5S2Si. The van der Waals surface area contributed by atoms with E-state index in [9.17, 15) is 9.59 Å². The van der Waals surface area contributed by atoms with Gasteiger partial charge < -0.3 is 13.9 Å². The standard InChI is InChI=1S/C17H30O5S2Si/c1-15(2,3)25(7,8)22-10-9-16(4)17(13(18)20-5,14(19)21-6)24-12-11-23-16/h9-10H,11-12H2,1-8H3/b10-9-. The molecule has 1 atom stereocenters. The Kier molecular flexibility index (Phi) is 7.14. The number of esters is 2. The maximum Gasteiger partial charge on any atom is 0.335 e. The summed E-state index contributed by atoms with van der Waals surface area (Å²) < 4.78 is 13.8. The van der Waals surface area contributed by atoms with E-state index < -0.39 is 29.8 Å². The topological polar surface area (TPSA) is 61.8 Å². The van der Waals surface area contributed by atoms with E-state index in [4.69, 9.17) is 13.9 Å². The van der Waals surface area contributed by atoms with Crippen LogP contribution in [0.25, 0.3) is 0 Å². The van der Waals surface area contributed by atoms with Crippen LogP contribution < -0.4 is 0 Å². The van der Waals surface area contributed by atoms with E-state index in [1.807, 2.05) is 13.0 Å². The second kappa shape index (κ2) is 7.96. The summed E-state index contributed by atoms with van der Waals surface area (Å²) in [6.07, 6.45) is 3.48. The number of hydrogen-bond donors (Lipinski definition) is 0. The van der Waals surface area contributed by atoms with Crippen molar-refractivity contribution >= 4 is 43.8 Å². The van der Waals surface area contributed by atoms with Crippen LogP contribution in [0, 0.1) is 0 Å². The molecule has 0 bridgehead atoms. The second-order valence-electron chi connectivity index (χ2n) is 7.65. The second-order valence-corrected chi connectivity index (χ2v) is 15.3. The lowest BCUT2D eigenvalue weighted by Gasteiger charge is -2.44. The highest BCUT2D eigenvalue weighted by Gasteiger charge is 2.63. The molecule has 0 spiro atoms. The maximum absolute atomic E-state index is 12.6. The van der Waals surface area contributed by atoms with Gasteiger partial charge in [0.2, 0.25) is 13.1 Å². The van der Waals surface area contributed by atoms with Crippen LogP contribution in [-0.4, -0.2) is 55.5 Å². The summed E-state index contributed by atoms with van der Waals surface area (Å²) in [6.45, 7) is 12.6. The average molecular weight is 407 g/mol. The van der Waals surface area contributed by atoms with Gasteiger partial charge >= 0.3 is 11.9 Å². The molecule has 0 amide bonds. The van der Waals surface area contributed by atoms with Crippen LogP contribution in [0.2, 0.25) is 18.1 Å². The van der Waals surface area contributed by atoms with Gasteiger partial charge in [0.05, 0.1) is 25.2 Å². The Morgan fingerprint density at radius 3 is 1.96 bits per heavy atom. The van der Waals surface area contributed by atoms with Crippen molar-refractivity contribution in [3.05, 3.63) is 12.3 Å². The van der Waals surface area contributed by atoms with E-state index >= 15 is 0 Å². The van der Waals surface area contributed by atoms with Crippen molar-refractivity contribution in [2.24, 2.45) is 0 Å². The lowest BCUT2D eigenvalue weighted by Crippen LogP contribution is -2.61. The van der Waals surface area contributed by atoms with Gasteiger partial charge in [-0.25, -0.2) is 9.59 Å². The molecule has 0 aliphatic carbocycles. The first-order valence-corrected chi connectivity index (χ1v) is 13.1. The Balaban J connectivity index is 3.24. The number of methoxy groups -OCH3 is 2. The van der Waals surface area contributed by atoms with Gasteiger partial charge in [0.1, 0.15) is 0 Å². The van der Waals surface area contributed by atoms with Crippen molar-refractivity contribution in [2.45, 2.75) is 55.3 Å². The quantitative estimate of drug-likeness (QED) is 0.297. The molecule has 1 aliphatic heterocycles. The van der Waals surface area contributed by atoms with E-state index in [0.29, 0.717) is 5.75 Å². The van der Waals surface area contributed by atoms with Crippen molar-refractivity contribution in [2.75, 3.05) is 25.7 Å². The third-order valence-electron chi connectivity index (χ3n) is 5.00. The monoisotopic (exact) mass is 406 g/mol. The number of carbonyl (C=O) groups is 2. The van der Waals surface area contributed by atoms with E-state index in [2.05, 4.69) is 33.9 Å². The van der Waals surface area contributed by atoms with Gasteiger partial charge in [-0.1, -0.05) is 20.8 Å². The normalized spacial score (nSPS) is 24.0. The molecule has 0 radical (unpaired) electrons. The molecule has 1 aliphatic rings. The van der Waals surface area contributed by atoms with E-state index in [-0.39, 0.29) is 5.04 Å². The molecular weight excluding hydrogens is 376 g/mol. The van der Waals surface area contributed by atoms with Gasteiger partial charge in [-0.3, -0.25) is 0 Å². The minimum absolute atomic E-state index is 0.0640. The fourth-order valence-corrected chi connectivity index (χ4v) is 6.05. The zero-order valence-corrected chi connectivity index (χ0v) is 19.1. The molecule has 0 aromatic heterocycles. The molecule has 0 N–H and O–H groups in total. The summed E-state index contributed by atoms with van der Waals surface area (Å²) in [4.78, 5) is 25.2.